The molecule has 40 heavy (non-hydrogen) atoms. The van der Waals surface area contributed by atoms with E-state index < -0.39 is 11.2 Å². The Kier molecular flexibility index (Phi) is 8.04. The highest BCUT2D eigenvalue weighted by atomic mass is 32.2. The van der Waals surface area contributed by atoms with Crippen LogP contribution in [0.5, 0.6) is 5.88 Å². The van der Waals surface area contributed by atoms with Gasteiger partial charge in [-0.25, -0.2) is 20.0 Å². The maximum Gasteiger partial charge on any atom is 0.295 e. The van der Waals surface area contributed by atoms with E-state index in [2.05, 4.69) is 33.8 Å². The van der Waals surface area contributed by atoms with Gasteiger partial charge in [-0.15, -0.1) is 0 Å². The van der Waals surface area contributed by atoms with Gasteiger partial charge in [0, 0.05) is 12.0 Å². The normalized spacial score (nSPS) is 19.8. The summed E-state index contributed by atoms with van der Waals surface area (Å²) < 4.78 is 17.3. The van der Waals surface area contributed by atoms with Crippen LogP contribution in [0.1, 0.15) is 69.3 Å². The van der Waals surface area contributed by atoms with Gasteiger partial charge in [0.2, 0.25) is 5.88 Å². The van der Waals surface area contributed by atoms with Crippen LogP contribution in [0.2, 0.25) is 0 Å². The van der Waals surface area contributed by atoms with Crippen molar-refractivity contribution in [1.29, 1.82) is 0 Å². The van der Waals surface area contributed by atoms with Crippen LogP contribution in [0.3, 0.4) is 0 Å². The van der Waals surface area contributed by atoms with Gasteiger partial charge in [-0.3, -0.25) is 14.7 Å². The molecular weight excluding hydrogens is 526 g/mol. The second-order valence-corrected chi connectivity index (χ2v) is 12.0. The molecule has 2 aromatic rings. The predicted molar refractivity (Wildman–Crippen MR) is 155 cm³/mol. The van der Waals surface area contributed by atoms with E-state index in [1.165, 1.54) is 6.33 Å². The number of carbonyl (C=O) groups excluding carboxylic acids is 1. The third kappa shape index (κ3) is 5.80. The highest BCUT2D eigenvalue weighted by molar-refractivity contribution is 7.90. The van der Waals surface area contributed by atoms with Gasteiger partial charge in [-0.1, -0.05) is 6.58 Å². The van der Waals surface area contributed by atoms with Crippen molar-refractivity contribution in [2.45, 2.75) is 69.9 Å². The van der Waals surface area contributed by atoms with Gasteiger partial charge in [-0.2, -0.15) is 0 Å². The maximum atomic E-state index is 14.0. The first-order valence-electron chi connectivity index (χ1n) is 13.5. The summed E-state index contributed by atoms with van der Waals surface area (Å²) in [5.74, 6) is 1.60. The molecule has 0 bridgehead atoms. The van der Waals surface area contributed by atoms with Crippen LogP contribution in [0.4, 0.5) is 0 Å². The predicted octanol–water partition coefficient (Wildman–Crippen LogP) is 3.99. The van der Waals surface area contributed by atoms with E-state index >= 15 is 0 Å². The van der Waals surface area contributed by atoms with Gasteiger partial charge >= 0.3 is 0 Å². The number of pyridine rings is 1. The van der Waals surface area contributed by atoms with Crippen LogP contribution >= 0.6 is 0 Å². The Labute approximate surface area is 238 Å². The van der Waals surface area contributed by atoms with Crippen LogP contribution in [0.15, 0.2) is 57.4 Å². The van der Waals surface area contributed by atoms with Crippen LogP contribution in [0.25, 0.3) is 5.70 Å². The average Bonchev–Trinajstić information content (AvgIpc) is 3.85. The fraction of sp³-hybridized carbons (Fsp3) is 0.448. The summed E-state index contributed by atoms with van der Waals surface area (Å²) in [5, 5.41) is 3.19. The van der Waals surface area contributed by atoms with E-state index in [0.29, 0.717) is 57.6 Å². The quantitative estimate of drug-likeness (QED) is 0.459. The zero-order valence-electron chi connectivity index (χ0n) is 23.6. The lowest BCUT2D eigenvalue weighted by Gasteiger charge is -2.35. The lowest BCUT2D eigenvalue weighted by molar-refractivity contribution is -0.122. The Balaban J connectivity index is 1.51. The Hall–Kier alpha value is -3.57. The van der Waals surface area contributed by atoms with Crippen molar-refractivity contribution in [1.82, 2.24) is 25.2 Å². The summed E-state index contributed by atoms with van der Waals surface area (Å²) in [4.78, 5) is 39.3. The van der Waals surface area contributed by atoms with Crippen molar-refractivity contribution < 1.29 is 14.1 Å². The molecule has 0 radical (unpaired) electrons. The minimum atomic E-state index is -1.11. The first kappa shape index (κ1) is 28.0. The Morgan fingerprint density at radius 1 is 1.25 bits per heavy atom. The molecule has 11 heteroatoms. The Bertz CT molecular complexity index is 1410. The van der Waals surface area contributed by atoms with Crippen molar-refractivity contribution in [2.75, 3.05) is 13.4 Å². The molecule has 0 spiro atoms. The topological polar surface area (TPSA) is 128 Å². The fourth-order valence-electron chi connectivity index (χ4n) is 4.78. The number of allylic oxidation sites excluding steroid dienone is 1. The lowest BCUT2D eigenvalue weighted by Crippen LogP contribution is -2.54. The van der Waals surface area contributed by atoms with Gasteiger partial charge in [0.05, 0.1) is 42.5 Å². The van der Waals surface area contributed by atoms with Crippen molar-refractivity contribution in [2.24, 2.45) is 15.9 Å². The van der Waals surface area contributed by atoms with Crippen molar-refractivity contribution >= 4 is 34.5 Å². The molecule has 3 aliphatic rings. The standard InChI is InChI=1S/C29H35N7O3S/c1-16(2)24-27(34-17(3)23-25(20-9-10-20)32-15-33-28(23)39-5)36(18(4)19-7-8-19)29(37)26(35-24)31-13-21-11-12-22(14-30-21)40(6)38/h11-12,14-15,18-20H,3,7-10,13H2,1-2,4-6H3,(H,31,35)/b34-27+/t18-,40?/m0/s1. The molecule has 10 nitrogen and oxygen atoms in total. The molecule has 1 aliphatic heterocycles. The van der Waals surface area contributed by atoms with Gasteiger partial charge in [0.15, 0.2) is 16.6 Å². The van der Waals surface area contributed by atoms with Gasteiger partial charge in [0.1, 0.15) is 18.3 Å². The van der Waals surface area contributed by atoms with E-state index in [9.17, 15) is 9.35 Å². The molecule has 2 aliphatic carbocycles. The highest BCUT2D eigenvalue weighted by Gasteiger charge is 2.42. The number of nitrogens with zero attached hydrogens (tertiary/aromatic N) is 6. The number of hydrogen-bond acceptors (Lipinski definition) is 9. The van der Waals surface area contributed by atoms with Gasteiger partial charge in [0.25, 0.3) is 5.91 Å². The summed E-state index contributed by atoms with van der Waals surface area (Å²) in [7, 11) is 1.57. The Morgan fingerprint density at radius 3 is 2.58 bits per heavy atom. The van der Waals surface area contributed by atoms with Crippen molar-refractivity contribution in [3.63, 3.8) is 0 Å². The molecule has 5 rings (SSSR count). The largest absolute Gasteiger partial charge is 0.612 e. The third-order valence-electron chi connectivity index (χ3n) is 7.37. The molecule has 210 valence electrons. The Morgan fingerprint density at radius 2 is 2.00 bits per heavy atom. The molecule has 0 saturated heterocycles. The summed E-state index contributed by atoms with van der Waals surface area (Å²) in [6.07, 6.45) is 8.93. The first-order valence-corrected chi connectivity index (χ1v) is 15.0. The van der Waals surface area contributed by atoms with Crippen LogP contribution in [-0.2, 0) is 22.5 Å². The fourth-order valence-corrected chi connectivity index (χ4v) is 5.24. The van der Waals surface area contributed by atoms with Crippen LogP contribution in [-0.4, -0.2) is 61.4 Å². The third-order valence-corrected chi connectivity index (χ3v) is 8.27. The number of amides is 1. The van der Waals surface area contributed by atoms with Crippen molar-refractivity contribution in [3.8, 4) is 5.88 Å². The second-order valence-electron chi connectivity index (χ2n) is 10.7. The number of hydrogen-bond donors (Lipinski definition) is 1. The zero-order chi connectivity index (χ0) is 28.6. The minimum absolute atomic E-state index is 0.0746. The van der Waals surface area contributed by atoms with Crippen LogP contribution in [0, 0.1) is 5.92 Å². The molecule has 2 fully saturated rings. The summed E-state index contributed by atoms with van der Waals surface area (Å²) >= 11 is -1.11. The number of rotatable bonds is 9. The monoisotopic (exact) mass is 561 g/mol. The smallest absolute Gasteiger partial charge is 0.295 e. The molecule has 2 atom stereocenters. The number of aliphatic imine (C=N–C) groups is 2. The zero-order valence-corrected chi connectivity index (χ0v) is 24.4. The molecule has 1 amide bonds. The maximum absolute atomic E-state index is 14.0. The van der Waals surface area contributed by atoms with Crippen molar-refractivity contribution in [3.05, 3.63) is 59.5 Å². The SMILES string of the molecule is C=C(/N=C1\C(=C(C)C)N=C(NCc2ccc([S+](C)[O-])cn2)C(=O)N1[C@@H](C)C1CC1)c1c(OC)ncnc1C1CC1. The molecule has 3 heterocycles. The van der Waals surface area contributed by atoms with E-state index in [0.717, 1.165) is 37.0 Å². The number of aromatic nitrogens is 3. The number of methoxy groups -OCH3 is 1. The molecule has 1 N–H and O–H groups in total. The number of carbonyl (C=O) groups is 1. The average molecular weight is 562 g/mol. The highest BCUT2D eigenvalue weighted by Crippen LogP contribution is 2.44. The molecule has 2 saturated carbocycles. The van der Waals surface area contributed by atoms with E-state index in [-0.39, 0.29) is 17.8 Å². The number of nitrogens with one attached hydrogen (secondary N) is 1. The van der Waals surface area contributed by atoms with Crippen LogP contribution < -0.4 is 10.1 Å². The molecule has 0 aromatic carbocycles. The second kappa shape index (κ2) is 11.5. The van der Waals surface area contributed by atoms with Gasteiger partial charge < -0.3 is 14.6 Å². The summed E-state index contributed by atoms with van der Waals surface area (Å²) in [5.41, 5.74) is 4.23. The summed E-state index contributed by atoms with van der Waals surface area (Å²) in [6, 6.07) is 3.50. The number of amidine groups is 2. The molecule has 1 unspecified atom stereocenters. The van der Waals surface area contributed by atoms with E-state index in [1.807, 2.05) is 13.8 Å². The lowest BCUT2D eigenvalue weighted by atomic mass is 10.1. The molecule has 2 aromatic heterocycles. The first-order chi connectivity index (χ1) is 19.2. The van der Waals surface area contributed by atoms with Gasteiger partial charge in [-0.05, 0) is 81.3 Å². The van der Waals surface area contributed by atoms with E-state index in [4.69, 9.17) is 14.7 Å². The summed E-state index contributed by atoms with van der Waals surface area (Å²) in [6.45, 7) is 10.6. The molecular formula is C29H35N7O3S. The number of ether oxygens (including phenoxy) is 1. The van der Waals surface area contributed by atoms with E-state index in [1.54, 1.807) is 36.6 Å². The minimum Gasteiger partial charge on any atom is -0.612 e.